The fourth-order valence-electron chi connectivity index (χ4n) is 1.79. The van der Waals surface area contributed by atoms with Crippen molar-refractivity contribution in [3.63, 3.8) is 0 Å². The highest BCUT2D eigenvalue weighted by molar-refractivity contribution is 6.36. The van der Waals surface area contributed by atoms with Crippen molar-refractivity contribution in [2.75, 3.05) is 25.5 Å². The third-order valence-corrected chi connectivity index (χ3v) is 3.88. The van der Waals surface area contributed by atoms with Crippen LogP contribution in [0.25, 0.3) is 0 Å². The summed E-state index contributed by atoms with van der Waals surface area (Å²) in [6.45, 7) is 4.64. The van der Waals surface area contributed by atoms with Crippen molar-refractivity contribution in [1.29, 1.82) is 0 Å². The molecule has 1 unspecified atom stereocenters. The van der Waals surface area contributed by atoms with Gasteiger partial charge in [-0.3, -0.25) is 9.59 Å². The van der Waals surface area contributed by atoms with Gasteiger partial charge in [0.1, 0.15) is 0 Å². The van der Waals surface area contributed by atoms with E-state index in [1.54, 1.807) is 32.2 Å². The number of benzene rings is 1. The van der Waals surface area contributed by atoms with E-state index < -0.39 is 0 Å². The molecule has 1 rings (SSSR count). The second-order valence-electron chi connectivity index (χ2n) is 5.21. The highest BCUT2D eigenvalue weighted by atomic mass is 35.5. The van der Waals surface area contributed by atoms with Gasteiger partial charge in [-0.15, -0.1) is 0 Å². The Hall–Kier alpha value is -1.30. The van der Waals surface area contributed by atoms with E-state index >= 15 is 0 Å². The molecule has 3 N–H and O–H groups in total. The lowest BCUT2D eigenvalue weighted by Gasteiger charge is -2.20. The summed E-state index contributed by atoms with van der Waals surface area (Å²) in [7, 11) is 1.80. The first-order chi connectivity index (χ1) is 10.3. The summed E-state index contributed by atoms with van der Waals surface area (Å²) in [4.78, 5) is 24.7. The van der Waals surface area contributed by atoms with Crippen LogP contribution in [-0.2, 0) is 9.59 Å². The fraction of sp³-hybridized carbons (Fsp3) is 0.467. The molecule has 2 amide bonds. The van der Waals surface area contributed by atoms with Gasteiger partial charge in [0, 0.05) is 11.6 Å². The maximum atomic E-state index is 12.2. The van der Waals surface area contributed by atoms with Crippen LogP contribution in [0.5, 0.6) is 0 Å². The largest absolute Gasteiger partial charge is 0.351 e. The highest BCUT2D eigenvalue weighted by Crippen LogP contribution is 2.25. The molecule has 1 aromatic rings. The Kier molecular flexibility index (Phi) is 7.65. The van der Waals surface area contributed by atoms with Crippen LogP contribution >= 0.6 is 23.2 Å². The number of hydrogen-bond acceptors (Lipinski definition) is 2. The van der Waals surface area contributed by atoms with E-state index in [-0.39, 0.29) is 24.4 Å². The predicted octanol–water partition coefficient (Wildman–Crippen LogP) is 1.36. The van der Waals surface area contributed by atoms with Crippen molar-refractivity contribution in [3.8, 4) is 0 Å². The van der Waals surface area contributed by atoms with Crippen molar-refractivity contribution in [3.05, 3.63) is 28.2 Å². The van der Waals surface area contributed by atoms with E-state index in [9.17, 15) is 9.59 Å². The number of rotatable bonds is 7. The number of anilines is 1. The SMILES string of the molecule is CCCNC(=O)C[NH+](C)[C@H](C)C(=O)Nc1ccc(Cl)cc1Cl. The number of hydrogen-bond donors (Lipinski definition) is 3. The van der Waals surface area contributed by atoms with Gasteiger partial charge in [0.15, 0.2) is 12.6 Å². The summed E-state index contributed by atoms with van der Waals surface area (Å²) in [5, 5.41) is 6.43. The van der Waals surface area contributed by atoms with Crippen LogP contribution in [0.3, 0.4) is 0 Å². The molecule has 5 nitrogen and oxygen atoms in total. The van der Waals surface area contributed by atoms with Crippen molar-refractivity contribution in [1.82, 2.24) is 5.32 Å². The maximum Gasteiger partial charge on any atom is 0.282 e. The van der Waals surface area contributed by atoms with Gasteiger partial charge in [0.05, 0.1) is 17.8 Å². The van der Waals surface area contributed by atoms with Gasteiger partial charge in [0.25, 0.3) is 11.8 Å². The third kappa shape index (κ3) is 5.83. The monoisotopic (exact) mass is 346 g/mol. The van der Waals surface area contributed by atoms with E-state index in [2.05, 4.69) is 10.6 Å². The highest BCUT2D eigenvalue weighted by Gasteiger charge is 2.24. The molecule has 122 valence electrons. The van der Waals surface area contributed by atoms with Gasteiger partial charge < -0.3 is 15.5 Å². The summed E-state index contributed by atoms with van der Waals surface area (Å²) >= 11 is 11.8. The number of carbonyl (C=O) groups is 2. The average Bonchev–Trinajstić information content (AvgIpc) is 2.46. The lowest BCUT2D eigenvalue weighted by molar-refractivity contribution is -0.885. The first kappa shape index (κ1) is 18.7. The van der Waals surface area contributed by atoms with Crippen LogP contribution < -0.4 is 15.5 Å². The topological polar surface area (TPSA) is 62.6 Å². The van der Waals surface area contributed by atoms with Crippen molar-refractivity contribution in [2.45, 2.75) is 26.3 Å². The maximum absolute atomic E-state index is 12.2. The molecule has 0 aliphatic heterocycles. The molecule has 22 heavy (non-hydrogen) atoms. The summed E-state index contributed by atoms with van der Waals surface area (Å²) in [6.07, 6.45) is 0.885. The number of nitrogens with one attached hydrogen (secondary N) is 3. The number of quaternary nitrogens is 1. The molecule has 0 radical (unpaired) electrons. The zero-order valence-electron chi connectivity index (χ0n) is 13.0. The normalized spacial score (nSPS) is 13.3. The zero-order chi connectivity index (χ0) is 16.7. The van der Waals surface area contributed by atoms with E-state index in [4.69, 9.17) is 23.2 Å². The van der Waals surface area contributed by atoms with E-state index in [1.807, 2.05) is 6.92 Å². The molecular weight excluding hydrogens is 325 g/mol. The minimum atomic E-state index is -0.390. The Labute approximate surface area is 141 Å². The van der Waals surface area contributed by atoms with Crippen LogP contribution in [0.15, 0.2) is 18.2 Å². The molecule has 0 aliphatic carbocycles. The molecule has 2 atom stereocenters. The minimum absolute atomic E-state index is 0.0662. The number of carbonyl (C=O) groups excluding carboxylic acids is 2. The Morgan fingerprint density at radius 2 is 2.00 bits per heavy atom. The van der Waals surface area contributed by atoms with Crippen molar-refractivity contribution < 1.29 is 14.5 Å². The number of amides is 2. The standard InChI is InChI=1S/C15H21Cl2N3O2/c1-4-7-18-14(21)9-20(3)10(2)15(22)19-13-6-5-11(16)8-12(13)17/h5-6,8,10H,4,7,9H2,1-3H3,(H,18,21)(H,19,22)/p+1/t10-/m1/s1. The molecule has 0 bridgehead atoms. The first-order valence-corrected chi connectivity index (χ1v) is 7.95. The van der Waals surface area contributed by atoms with E-state index in [0.717, 1.165) is 11.3 Å². The number of halogens is 2. The molecule has 7 heteroatoms. The summed E-state index contributed by atoms with van der Waals surface area (Å²) < 4.78 is 0. The van der Waals surface area contributed by atoms with Crippen molar-refractivity contribution in [2.24, 2.45) is 0 Å². The molecule has 0 spiro atoms. The van der Waals surface area contributed by atoms with Crippen LogP contribution in [0.1, 0.15) is 20.3 Å². The molecular formula is C15H22Cl2N3O2+. The van der Waals surface area contributed by atoms with Gasteiger partial charge in [-0.1, -0.05) is 30.1 Å². The lowest BCUT2D eigenvalue weighted by Crippen LogP contribution is -3.15. The smallest absolute Gasteiger partial charge is 0.282 e. The summed E-state index contributed by atoms with van der Waals surface area (Å²) in [5.41, 5.74) is 0.506. The Bertz CT molecular complexity index is 538. The second-order valence-corrected chi connectivity index (χ2v) is 6.05. The quantitative estimate of drug-likeness (QED) is 0.698. The molecule has 0 heterocycles. The average molecular weight is 347 g/mol. The molecule has 0 saturated heterocycles. The summed E-state index contributed by atoms with van der Waals surface area (Å²) in [5.74, 6) is -0.270. The van der Waals surface area contributed by atoms with E-state index in [1.165, 1.54) is 0 Å². The predicted molar refractivity (Wildman–Crippen MR) is 89.6 cm³/mol. The summed E-state index contributed by atoms with van der Waals surface area (Å²) in [6, 6.07) is 4.48. The number of likely N-dealkylation sites (N-methyl/N-ethyl adjacent to an activating group) is 1. The Balaban J connectivity index is 2.58. The van der Waals surface area contributed by atoms with Gasteiger partial charge in [-0.05, 0) is 31.5 Å². The lowest BCUT2D eigenvalue weighted by atomic mass is 10.2. The fourth-order valence-corrected chi connectivity index (χ4v) is 2.24. The van der Waals surface area contributed by atoms with Gasteiger partial charge in [-0.2, -0.15) is 0 Å². The molecule has 0 fully saturated rings. The Morgan fingerprint density at radius 3 is 2.59 bits per heavy atom. The van der Waals surface area contributed by atoms with Crippen LogP contribution in [0.2, 0.25) is 10.0 Å². The van der Waals surface area contributed by atoms with Crippen molar-refractivity contribution >= 4 is 40.7 Å². The van der Waals surface area contributed by atoms with Gasteiger partial charge >= 0.3 is 0 Å². The third-order valence-electron chi connectivity index (χ3n) is 3.33. The molecule has 0 saturated carbocycles. The second kappa shape index (κ2) is 8.98. The van der Waals surface area contributed by atoms with Crippen LogP contribution in [0.4, 0.5) is 5.69 Å². The van der Waals surface area contributed by atoms with Crippen LogP contribution in [0, 0.1) is 0 Å². The van der Waals surface area contributed by atoms with E-state index in [0.29, 0.717) is 22.3 Å². The molecule has 0 aromatic heterocycles. The van der Waals surface area contributed by atoms with Gasteiger partial charge in [-0.25, -0.2) is 0 Å². The molecule has 0 aliphatic rings. The zero-order valence-corrected chi connectivity index (χ0v) is 14.5. The Morgan fingerprint density at radius 1 is 1.32 bits per heavy atom. The van der Waals surface area contributed by atoms with Gasteiger partial charge in [0.2, 0.25) is 0 Å². The molecule has 1 aromatic carbocycles. The van der Waals surface area contributed by atoms with Crippen LogP contribution in [-0.4, -0.2) is 38.0 Å². The minimum Gasteiger partial charge on any atom is -0.351 e. The first-order valence-electron chi connectivity index (χ1n) is 7.20.